The minimum Gasteiger partial charge on any atom is -0.306 e. The largest absolute Gasteiger partial charge is 0.306 e. The first-order valence-electron chi connectivity index (χ1n) is 8.73. The van der Waals surface area contributed by atoms with Crippen LogP contribution in [0, 0.1) is 0 Å². The van der Waals surface area contributed by atoms with Crippen molar-refractivity contribution in [3.8, 4) is 0 Å². The average Bonchev–Trinajstić information content (AvgIpc) is 2.69. The molecule has 0 aliphatic carbocycles. The highest BCUT2D eigenvalue weighted by atomic mass is 35.5. The molecule has 138 valence electrons. The van der Waals surface area contributed by atoms with Crippen LogP contribution in [0.1, 0.15) is 40.0 Å². The summed E-state index contributed by atoms with van der Waals surface area (Å²) in [6, 6.07) is 19.6. The second-order valence-electron chi connectivity index (χ2n) is 6.41. The number of rotatable bonds is 7. The van der Waals surface area contributed by atoms with Gasteiger partial charge < -0.3 is 5.32 Å². The Balaban J connectivity index is 1.67. The number of ketones is 1. The number of benzene rings is 2. The van der Waals surface area contributed by atoms with E-state index in [0.29, 0.717) is 22.3 Å². The molecule has 1 heterocycles. The summed E-state index contributed by atoms with van der Waals surface area (Å²) in [5.74, 6) is -0.0381. The molecule has 1 aromatic heterocycles. The number of Topliss-reactive ketones (excluding diaryl/α,β-unsaturated/α-hetero) is 1. The molecule has 1 atom stereocenters. The van der Waals surface area contributed by atoms with Gasteiger partial charge in [0.05, 0.1) is 0 Å². The molecule has 0 bridgehead atoms. The summed E-state index contributed by atoms with van der Waals surface area (Å²) in [5, 5.41) is 4.45. The van der Waals surface area contributed by atoms with E-state index in [0.717, 1.165) is 11.1 Å². The Morgan fingerprint density at radius 1 is 1.07 bits per heavy atom. The van der Waals surface area contributed by atoms with E-state index in [9.17, 15) is 4.79 Å². The summed E-state index contributed by atoms with van der Waals surface area (Å²) < 4.78 is 0. The molecule has 0 fully saturated rings. The van der Waals surface area contributed by atoms with Crippen LogP contribution in [0.4, 0.5) is 0 Å². The van der Waals surface area contributed by atoms with E-state index in [2.05, 4.69) is 29.4 Å². The summed E-state index contributed by atoms with van der Waals surface area (Å²) in [7, 11) is 0. The third-order valence-corrected chi connectivity index (χ3v) is 5.01. The SMILES string of the molecule is CC(NCc1ccc(Cl)c(CC(=O)c2ccc(Cl)nc2)c1)c1ccccc1. The Morgan fingerprint density at radius 2 is 1.85 bits per heavy atom. The first-order valence-corrected chi connectivity index (χ1v) is 9.49. The van der Waals surface area contributed by atoms with Gasteiger partial charge >= 0.3 is 0 Å². The van der Waals surface area contributed by atoms with Crippen molar-refractivity contribution >= 4 is 29.0 Å². The minimum atomic E-state index is -0.0381. The van der Waals surface area contributed by atoms with Gasteiger partial charge in [-0.15, -0.1) is 0 Å². The van der Waals surface area contributed by atoms with Crippen molar-refractivity contribution in [1.29, 1.82) is 0 Å². The van der Waals surface area contributed by atoms with Gasteiger partial charge in [0.1, 0.15) is 5.15 Å². The molecule has 0 aliphatic rings. The molecule has 5 heteroatoms. The number of aromatic nitrogens is 1. The fourth-order valence-electron chi connectivity index (χ4n) is 2.82. The maximum atomic E-state index is 12.5. The number of nitrogens with one attached hydrogen (secondary N) is 1. The summed E-state index contributed by atoms with van der Waals surface area (Å²) in [5.41, 5.74) is 3.65. The van der Waals surface area contributed by atoms with Gasteiger partial charge in [0.25, 0.3) is 0 Å². The van der Waals surface area contributed by atoms with Crippen molar-refractivity contribution in [3.63, 3.8) is 0 Å². The number of carbonyl (C=O) groups is 1. The Labute approximate surface area is 169 Å². The molecule has 3 aromatic rings. The predicted molar refractivity (Wildman–Crippen MR) is 110 cm³/mol. The lowest BCUT2D eigenvalue weighted by atomic mass is 10.0. The highest BCUT2D eigenvalue weighted by Gasteiger charge is 2.12. The van der Waals surface area contributed by atoms with E-state index >= 15 is 0 Å². The Hall–Kier alpha value is -2.20. The number of hydrogen-bond donors (Lipinski definition) is 1. The van der Waals surface area contributed by atoms with Crippen molar-refractivity contribution < 1.29 is 4.79 Å². The first kappa shape index (κ1) is 19.6. The molecule has 2 aromatic carbocycles. The van der Waals surface area contributed by atoms with E-state index in [4.69, 9.17) is 23.2 Å². The highest BCUT2D eigenvalue weighted by molar-refractivity contribution is 6.31. The van der Waals surface area contributed by atoms with Crippen LogP contribution in [-0.4, -0.2) is 10.8 Å². The van der Waals surface area contributed by atoms with Crippen LogP contribution in [0.15, 0.2) is 66.9 Å². The van der Waals surface area contributed by atoms with Gasteiger partial charge in [0, 0.05) is 35.8 Å². The lowest BCUT2D eigenvalue weighted by molar-refractivity contribution is 0.0992. The van der Waals surface area contributed by atoms with Crippen LogP contribution in [0.2, 0.25) is 10.2 Å². The summed E-state index contributed by atoms with van der Waals surface area (Å²) in [4.78, 5) is 16.4. The fraction of sp³-hybridized carbons (Fsp3) is 0.182. The van der Waals surface area contributed by atoms with Crippen LogP contribution >= 0.6 is 23.2 Å². The third-order valence-electron chi connectivity index (χ3n) is 4.42. The summed E-state index contributed by atoms with van der Waals surface area (Å²) >= 11 is 12.1. The molecule has 1 unspecified atom stereocenters. The summed E-state index contributed by atoms with van der Waals surface area (Å²) in [6.07, 6.45) is 1.72. The Kier molecular flexibility index (Phi) is 6.62. The molecule has 0 aliphatic heterocycles. The lowest BCUT2D eigenvalue weighted by Gasteiger charge is -2.15. The first-order chi connectivity index (χ1) is 13.0. The van der Waals surface area contributed by atoms with Crippen LogP contribution in [0.5, 0.6) is 0 Å². The molecule has 0 saturated carbocycles. The zero-order valence-electron chi connectivity index (χ0n) is 15.0. The third kappa shape index (κ3) is 5.39. The lowest BCUT2D eigenvalue weighted by Crippen LogP contribution is -2.18. The molecule has 3 rings (SSSR count). The summed E-state index contributed by atoms with van der Waals surface area (Å²) in [6.45, 7) is 2.82. The van der Waals surface area contributed by atoms with Crippen LogP contribution in [0.25, 0.3) is 0 Å². The van der Waals surface area contributed by atoms with E-state index in [1.807, 2.05) is 36.4 Å². The van der Waals surface area contributed by atoms with Crippen LogP contribution < -0.4 is 5.32 Å². The van der Waals surface area contributed by atoms with E-state index in [1.165, 1.54) is 11.8 Å². The molecule has 1 N–H and O–H groups in total. The van der Waals surface area contributed by atoms with Gasteiger partial charge in [-0.2, -0.15) is 0 Å². The molecular weight excluding hydrogens is 379 g/mol. The second-order valence-corrected chi connectivity index (χ2v) is 7.20. The van der Waals surface area contributed by atoms with Crippen molar-refractivity contribution in [2.45, 2.75) is 25.9 Å². The van der Waals surface area contributed by atoms with Gasteiger partial charge in [0.15, 0.2) is 5.78 Å². The second kappa shape index (κ2) is 9.14. The zero-order chi connectivity index (χ0) is 19.2. The zero-order valence-corrected chi connectivity index (χ0v) is 16.5. The Morgan fingerprint density at radius 3 is 2.56 bits per heavy atom. The molecule has 0 spiro atoms. The monoisotopic (exact) mass is 398 g/mol. The van der Waals surface area contributed by atoms with Gasteiger partial charge in [-0.3, -0.25) is 4.79 Å². The number of hydrogen-bond acceptors (Lipinski definition) is 3. The quantitative estimate of drug-likeness (QED) is 0.412. The molecule has 0 radical (unpaired) electrons. The molecular formula is C22H20Cl2N2O. The molecule has 3 nitrogen and oxygen atoms in total. The smallest absolute Gasteiger partial charge is 0.168 e. The number of nitrogens with zero attached hydrogens (tertiary/aromatic N) is 1. The van der Waals surface area contributed by atoms with E-state index in [-0.39, 0.29) is 18.2 Å². The average molecular weight is 399 g/mol. The van der Waals surface area contributed by atoms with Gasteiger partial charge in [-0.1, -0.05) is 65.7 Å². The van der Waals surface area contributed by atoms with Crippen molar-refractivity contribution in [2.75, 3.05) is 0 Å². The van der Waals surface area contributed by atoms with Gasteiger partial charge in [-0.25, -0.2) is 4.98 Å². The van der Waals surface area contributed by atoms with Crippen molar-refractivity contribution in [3.05, 3.63) is 99.3 Å². The number of carbonyl (C=O) groups excluding carboxylic acids is 1. The molecule has 0 amide bonds. The normalized spacial score (nSPS) is 12.0. The number of halogens is 2. The molecule has 0 saturated heterocycles. The topological polar surface area (TPSA) is 42.0 Å². The van der Waals surface area contributed by atoms with Crippen LogP contribution in [0.3, 0.4) is 0 Å². The van der Waals surface area contributed by atoms with Gasteiger partial charge in [-0.05, 0) is 41.8 Å². The number of pyridine rings is 1. The Bertz CT molecular complexity index is 911. The van der Waals surface area contributed by atoms with E-state index in [1.54, 1.807) is 12.1 Å². The maximum Gasteiger partial charge on any atom is 0.168 e. The van der Waals surface area contributed by atoms with Crippen molar-refractivity contribution in [1.82, 2.24) is 10.3 Å². The van der Waals surface area contributed by atoms with E-state index < -0.39 is 0 Å². The minimum absolute atomic E-state index is 0.0381. The van der Waals surface area contributed by atoms with Crippen molar-refractivity contribution in [2.24, 2.45) is 0 Å². The van der Waals surface area contributed by atoms with Gasteiger partial charge in [0.2, 0.25) is 0 Å². The highest BCUT2D eigenvalue weighted by Crippen LogP contribution is 2.21. The standard InChI is InChI=1S/C22H20Cl2N2O/c1-15(17-5-3-2-4-6-17)25-13-16-7-9-20(23)19(11-16)12-21(27)18-8-10-22(24)26-14-18/h2-11,14-15,25H,12-13H2,1H3. The van der Waals surface area contributed by atoms with Crippen LogP contribution in [-0.2, 0) is 13.0 Å². The fourth-order valence-corrected chi connectivity index (χ4v) is 3.12. The predicted octanol–water partition coefficient (Wildman–Crippen LogP) is 5.66. The molecule has 27 heavy (non-hydrogen) atoms. The maximum absolute atomic E-state index is 12.5.